The Morgan fingerprint density at radius 2 is 2.27 bits per heavy atom. The van der Waals surface area contributed by atoms with E-state index in [1.807, 2.05) is 0 Å². The fraction of sp³-hybridized carbons (Fsp3) is 0.900. The lowest BCUT2D eigenvalue weighted by molar-refractivity contribution is -0.127. The first-order chi connectivity index (χ1) is 5.07. The third-order valence-corrected chi connectivity index (χ3v) is 3.19. The standard InChI is InChI=1S/C10H18O/c1-4-10(3)6-5-8(2)9(11)7-10/h8H,4-7H2,1-3H3. The monoisotopic (exact) mass is 154 g/mol. The van der Waals surface area contributed by atoms with Crippen LogP contribution in [0.2, 0.25) is 0 Å². The first-order valence-electron chi connectivity index (χ1n) is 4.60. The van der Waals surface area contributed by atoms with Gasteiger partial charge in [0.25, 0.3) is 0 Å². The van der Waals surface area contributed by atoms with Crippen LogP contribution in [0.3, 0.4) is 0 Å². The Morgan fingerprint density at radius 3 is 2.73 bits per heavy atom. The second-order valence-corrected chi connectivity index (χ2v) is 4.25. The van der Waals surface area contributed by atoms with Gasteiger partial charge >= 0.3 is 0 Å². The van der Waals surface area contributed by atoms with E-state index in [-0.39, 0.29) is 0 Å². The molecular formula is C10H18O. The summed E-state index contributed by atoms with van der Waals surface area (Å²) in [5, 5.41) is 0. The van der Waals surface area contributed by atoms with Crippen LogP contribution in [0.25, 0.3) is 0 Å². The Kier molecular flexibility index (Phi) is 2.36. The zero-order valence-corrected chi connectivity index (χ0v) is 7.81. The van der Waals surface area contributed by atoms with Crippen LogP contribution in [-0.4, -0.2) is 5.78 Å². The number of ketones is 1. The first-order valence-corrected chi connectivity index (χ1v) is 4.60. The van der Waals surface area contributed by atoms with Gasteiger partial charge in [-0.2, -0.15) is 0 Å². The minimum Gasteiger partial charge on any atom is -0.299 e. The summed E-state index contributed by atoms with van der Waals surface area (Å²) in [4.78, 5) is 11.4. The molecular weight excluding hydrogens is 136 g/mol. The molecule has 2 unspecified atom stereocenters. The first kappa shape index (κ1) is 8.76. The predicted molar refractivity (Wildman–Crippen MR) is 46.4 cm³/mol. The molecule has 0 N–H and O–H groups in total. The van der Waals surface area contributed by atoms with E-state index in [9.17, 15) is 4.79 Å². The lowest BCUT2D eigenvalue weighted by Crippen LogP contribution is -2.30. The summed E-state index contributed by atoms with van der Waals surface area (Å²) in [6, 6.07) is 0. The van der Waals surface area contributed by atoms with Crippen molar-refractivity contribution >= 4 is 5.78 Å². The minimum atomic E-state index is 0.323. The van der Waals surface area contributed by atoms with Gasteiger partial charge in [-0.05, 0) is 18.3 Å². The Balaban J connectivity index is 2.59. The second kappa shape index (κ2) is 2.96. The van der Waals surface area contributed by atoms with Gasteiger partial charge < -0.3 is 0 Å². The smallest absolute Gasteiger partial charge is 0.136 e. The van der Waals surface area contributed by atoms with Crippen molar-refractivity contribution in [2.75, 3.05) is 0 Å². The maximum absolute atomic E-state index is 11.4. The molecule has 0 amide bonds. The molecule has 2 atom stereocenters. The van der Waals surface area contributed by atoms with Crippen LogP contribution in [-0.2, 0) is 4.79 Å². The molecule has 64 valence electrons. The Labute approximate surface area is 69.2 Å². The van der Waals surface area contributed by atoms with Crippen molar-refractivity contribution < 1.29 is 4.79 Å². The van der Waals surface area contributed by atoms with Crippen LogP contribution >= 0.6 is 0 Å². The van der Waals surface area contributed by atoms with E-state index in [4.69, 9.17) is 0 Å². The molecule has 1 aliphatic carbocycles. The number of rotatable bonds is 1. The summed E-state index contributed by atoms with van der Waals surface area (Å²) >= 11 is 0. The zero-order chi connectivity index (χ0) is 8.48. The van der Waals surface area contributed by atoms with E-state index in [2.05, 4.69) is 20.8 Å². The van der Waals surface area contributed by atoms with Crippen molar-refractivity contribution in [3.05, 3.63) is 0 Å². The molecule has 0 spiro atoms. The van der Waals surface area contributed by atoms with E-state index < -0.39 is 0 Å². The average Bonchev–Trinajstić information content (AvgIpc) is 1.98. The Morgan fingerprint density at radius 1 is 1.64 bits per heavy atom. The highest BCUT2D eigenvalue weighted by Gasteiger charge is 2.32. The van der Waals surface area contributed by atoms with Gasteiger partial charge in [0.2, 0.25) is 0 Å². The number of hydrogen-bond donors (Lipinski definition) is 0. The molecule has 1 heteroatoms. The molecule has 1 aliphatic rings. The van der Waals surface area contributed by atoms with Crippen molar-refractivity contribution in [3.8, 4) is 0 Å². The molecule has 0 aromatic carbocycles. The molecule has 0 bridgehead atoms. The van der Waals surface area contributed by atoms with Crippen LogP contribution in [0, 0.1) is 11.3 Å². The van der Waals surface area contributed by atoms with Crippen LogP contribution < -0.4 is 0 Å². The maximum Gasteiger partial charge on any atom is 0.136 e. The molecule has 11 heavy (non-hydrogen) atoms. The normalized spacial score (nSPS) is 39.2. The quantitative estimate of drug-likeness (QED) is 0.567. The van der Waals surface area contributed by atoms with Crippen LogP contribution in [0.1, 0.15) is 46.5 Å². The van der Waals surface area contributed by atoms with E-state index in [1.165, 1.54) is 6.42 Å². The van der Waals surface area contributed by atoms with Gasteiger partial charge in [0.15, 0.2) is 0 Å². The summed E-state index contributed by atoms with van der Waals surface area (Å²) in [6.07, 6.45) is 4.29. The van der Waals surface area contributed by atoms with Crippen LogP contribution in [0.5, 0.6) is 0 Å². The Hall–Kier alpha value is -0.330. The molecule has 0 aliphatic heterocycles. The number of carbonyl (C=O) groups excluding carboxylic acids is 1. The minimum absolute atomic E-state index is 0.323. The third kappa shape index (κ3) is 1.82. The fourth-order valence-electron chi connectivity index (χ4n) is 1.71. The summed E-state index contributed by atoms with van der Waals surface area (Å²) in [6.45, 7) is 6.47. The topological polar surface area (TPSA) is 17.1 Å². The van der Waals surface area contributed by atoms with Crippen molar-refractivity contribution in [3.63, 3.8) is 0 Å². The second-order valence-electron chi connectivity index (χ2n) is 4.25. The van der Waals surface area contributed by atoms with Gasteiger partial charge in [0.1, 0.15) is 5.78 Å². The SMILES string of the molecule is CCC1(C)CCC(C)C(=O)C1. The van der Waals surface area contributed by atoms with Crippen molar-refractivity contribution in [1.82, 2.24) is 0 Å². The van der Waals surface area contributed by atoms with Crippen molar-refractivity contribution in [1.29, 1.82) is 0 Å². The molecule has 1 rings (SSSR count). The lowest BCUT2D eigenvalue weighted by Gasteiger charge is -2.34. The van der Waals surface area contributed by atoms with Gasteiger partial charge in [0.05, 0.1) is 0 Å². The summed E-state index contributed by atoms with van der Waals surface area (Å²) in [5.41, 5.74) is 0.323. The summed E-state index contributed by atoms with van der Waals surface area (Å²) in [7, 11) is 0. The van der Waals surface area contributed by atoms with Crippen LogP contribution in [0.4, 0.5) is 0 Å². The number of carbonyl (C=O) groups is 1. The largest absolute Gasteiger partial charge is 0.299 e. The molecule has 1 saturated carbocycles. The number of hydrogen-bond acceptors (Lipinski definition) is 1. The van der Waals surface area contributed by atoms with Crippen LogP contribution in [0.15, 0.2) is 0 Å². The highest BCUT2D eigenvalue weighted by atomic mass is 16.1. The molecule has 1 nitrogen and oxygen atoms in total. The van der Waals surface area contributed by atoms with Gasteiger partial charge in [0, 0.05) is 12.3 Å². The molecule has 1 fully saturated rings. The van der Waals surface area contributed by atoms with Gasteiger partial charge in [-0.3, -0.25) is 4.79 Å². The number of Topliss-reactive ketones (excluding diaryl/α,β-unsaturated/α-hetero) is 1. The highest BCUT2D eigenvalue weighted by molar-refractivity contribution is 5.82. The van der Waals surface area contributed by atoms with E-state index in [0.29, 0.717) is 17.1 Å². The molecule has 0 aromatic heterocycles. The lowest BCUT2D eigenvalue weighted by atomic mass is 9.70. The van der Waals surface area contributed by atoms with E-state index in [1.54, 1.807) is 0 Å². The van der Waals surface area contributed by atoms with E-state index >= 15 is 0 Å². The maximum atomic E-state index is 11.4. The Bertz CT molecular complexity index is 162. The summed E-state index contributed by atoms with van der Waals surface area (Å²) in [5.74, 6) is 0.801. The summed E-state index contributed by atoms with van der Waals surface area (Å²) < 4.78 is 0. The van der Waals surface area contributed by atoms with Crippen molar-refractivity contribution in [2.45, 2.75) is 46.5 Å². The molecule has 0 aromatic rings. The molecule has 0 saturated heterocycles. The third-order valence-electron chi connectivity index (χ3n) is 3.19. The van der Waals surface area contributed by atoms with Gasteiger partial charge in [-0.1, -0.05) is 27.2 Å². The van der Waals surface area contributed by atoms with Crippen molar-refractivity contribution in [2.24, 2.45) is 11.3 Å². The molecule has 0 heterocycles. The molecule has 0 radical (unpaired) electrons. The highest BCUT2D eigenvalue weighted by Crippen LogP contribution is 2.38. The predicted octanol–water partition coefficient (Wildman–Crippen LogP) is 2.79. The zero-order valence-electron chi connectivity index (χ0n) is 7.81. The van der Waals surface area contributed by atoms with E-state index in [0.717, 1.165) is 19.3 Å². The van der Waals surface area contributed by atoms with Gasteiger partial charge in [-0.15, -0.1) is 0 Å². The van der Waals surface area contributed by atoms with Gasteiger partial charge in [-0.25, -0.2) is 0 Å². The fourth-order valence-corrected chi connectivity index (χ4v) is 1.71. The average molecular weight is 154 g/mol.